The number of nitrogens with one attached hydrogen (secondary N) is 2. The number of carbonyl (C=O) groups excluding carboxylic acids is 2. The first-order chi connectivity index (χ1) is 13.5. The van der Waals surface area contributed by atoms with E-state index in [0.29, 0.717) is 26.6 Å². The van der Waals surface area contributed by atoms with Crippen LogP contribution in [0.5, 0.6) is 0 Å². The third-order valence-corrected chi connectivity index (χ3v) is 4.89. The number of aromatic nitrogens is 3. The molecule has 0 aliphatic carbocycles. The molecule has 0 saturated carbocycles. The fourth-order valence-electron chi connectivity index (χ4n) is 2.28. The second-order valence-corrected chi connectivity index (χ2v) is 7.46. The summed E-state index contributed by atoms with van der Waals surface area (Å²) in [5, 5.41) is 14.8. The molecule has 0 fully saturated rings. The van der Waals surface area contributed by atoms with Crippen LogP contribution >= 0.6 is 35.0 Å². The van der Waals surface area contributed by atoms with Crippen LogP contribution in [0.2, 0.25) is 10.0 Å². The van der Waals surface area contributed by atoms with Crippen molar-refractivity contribution in [2.75, 3.05) is 16.4 Å². The van der Waals surface area contributed by atoms with Crippen LogP contribution in [0.1, 0.15) is 0 Å². The van der Waals surface area contributed by atoms with Crippen molar-refractivity contribution >= 4 is 58.2 Å². The van der Waals surface area contributed by atoms with Gasteiger partial charge in [-0.2, -0.15) is 0 Å². The predicted molar refractivity (Wildman–Crippen MR) is 111 cm³/mol. The van der Waals surface area contributed by atoms with Crippen molar-refractivity contribution in [2.24, 2.45) is 0 Å². The molecule has 3 rings (SSSR count). The van der Waals surface area contributed by atoms with Crippen molar-refractivity contribution in [3.8, 4) is 0 Å². The molecule has 0 radical (unpaired) electrons. The van der Waals surface area contributed by atoms with E-state index in [4.69, 9.17) is 23.2 Å². The minimum Gasteiger partial charge on any atom is -0.325 e. The monoisotopic (exact) mass is 435 g/mol. The van der Waals surface area contributed by atoms with Gasteiger partial charge in [-0.05, 0) is 36.4 Å². The molecule has 7 nitrogen and oxygen atoms in total. The normalized spacial score (nSPS) is 10.5. The largest absolute Gasteiger partial charge is 0.325 e. The number of hydrogen-bond donors (Lipinski definition) is 2. The van der Waals surface area contributed by atoms with Gasteiger partial charge in [0.15, 0.2) is 5.16 Å². The van der Waals surface area contributed by atoms with Crippen molar-refractivity contribution < 1.29 is 9.59 Å². The van der Waals surface area contributed by atoms with Gasteiger partial charge in [0.1, 0.15) is 12.9 Å². The Kier molecular flexibility index (Phi) is 6.91. The molecular formula is C18H15Cl2N5O2S. The van der Waals surface area contributed by atoms with E-state index in [1.165, 1.54) is 18.1 Å². The van der Waals surface area contributed by atoms with Crippen molar-refractivity contribution in [3.63, 3.8) is 0 Å². The van der Waals surface area contributed by atoms with E-state index in [0.717, 1.165) is 0 Å². The van der Waals surface area contributed by atoms with E-state index in [1.807, 2.05) is 0 Å². The summed E-state index contributed by atoms with van der Waals surface area (Å²) in [4.78, 5) is 24.3. The van der Waals surface area contributed by atoms with Crippen LogP contribution in [0.4, 0.5) is 11.4 Å². The van der Waals surface area contributed by atoms with E-state index in [-0.39, 0.29) is 24.1 Å². The minimum absolute atomic E-state index is 0.0117. The first-order valence-electron chi connectivity index (χ1n) is 8.11. The van der Waals surface area contributed by atoms with Crippen molar-refractivity contribution in [1.29, 1.82) is 0 Å². The Bertz CT molecular complexity index is 995. The molecule has 28 heavy (non-hydrogen) atoms. The van der Waals surface area contributed by atoms with Crippen LogP contribution in [-0.4, -0.2) is 32.3 Å². The smallest absolute Gasteiger partial charge is 0.244 e. The molecule has 0 saturated heterocycles. The Morgan fingerprint density at radius 3 is 2.18 bits per heavy atom. The van der Waals surface area contributed by atoms with Crippen molar-refractivity contribution in [3.05, 3.63) is 64.9 Å². The summed E-state index contributed by atoms with van der Waals surface area (Å²) in [6.45, 7) is 0.0117. The van der Waals surface area contributed by atoms with Gasteiger partial charge in [-0.1, -0.05) is 47.1 Å². The quantitative estimate of drug-likeness (QED) is 0.548. The van der Waals surface area contributed by atoms with Gasteiger partial charge in [-0.3, -0.25) is 14.2 Å². The number of amides is 2. The molecule has 0 bridgehead atoms. The molecular weight excluding hydrogens is 421 g/mol. The third kappa shape index (κ3) is 5.98. The lowest BCUT2D eigenvalue weighted by Crippen LogP contribution is -2.19. The summed E-state index contributed by atoms with van der Waals surface area (Å²) < 4.78 is 1.57. The molecule has 144 valence electrons. The second kappa shape index (κ2) is 9.59. The maximum absolute atomic E-state index is 12.2. The molecule has 2 aromatic carbocycles. The summed E-state index contributed by atoms with van der Waals surface area (Å²) >= 11 is 13.0. The Morgan fingerprint density at radius 2 is 1.57 bits per heavy atom. The van der Waals surface area contributed by atoms with E-state index >= 15 is 0 Å². The average molecular weight is 436 g/mol. The summed E-state index contributed by atoms with van der Waals surface area (Å²) in [6, 6.07) is 13.7. The van der Waals surface area contributed by atoms with E-state index in [2.05, 4.69) is 20.8 Å². The van der Waals surface area contributed by atoms with Gasteiger partial charge in [0, 0.05) is 21.4 Å². The average Bonchev–Trinajstić information content (AvgIpc) is 3.07. The fraction of sp³-hybridized carbons (Fsp3) is 0.111. The first-order valence-corrected chi connectivity index (χ1v) is 9.85. The molecule has 3 aromatic rings. The van der Waals surface area contributed by atoms with Gasteiger partial charge in [-0.25, -0.2) is 0 Å². The van der Waals surface area contributed by atoms with Gasteiger partial charge in [0.2, 0.25) is 11.8 Å². The highest BCUT2D eigenvalue weighted by atomic mass is 35.5. The zero-order valence-corrected chi connectivity index (χ0v) is 16.8. The Hall–Kier alpha value is -2.55. The number of nitrogens with zero attached hydrogens (tertiary/aromatic N) is 3. The molecule has 0 unspecified atom stereocenters. The van der Waals surface area contributed by atoms with E-state index < -0.39 is 0 Å². The summed E-state index contributed by atoms with van der Waals surface area (Å²) in [6.07, 6.45) is 1.44. The number of rotatable bonds is 7. The molecule has 0 aliphatic rings. The van der Waals surface area contributed by atoms with Crippen LogP contribution in [0.25, 0.3) is 0 Å². The van der Waals surface area contributed by atoms with Crippen LogP contribution < -0.4 is 10.6 Å². The number of halogens is 2. The summed E-state index contributed by atoms with van der Waals surface area (Å²) in [7, 11) is 0. The van der Waals surface area contributed by atoms with Gasteiger partial charge >= 0.3 is 0 Å². The minimum atomic E-state index is -0.257. The van der Waals surface area contributed by atoms with Crippen molar-refractivity contribution in [1.82, 2.24) is 14.8 Å². The SMILES string of the molecule is O=C(CSc1nncn1CC(=O)Nc1cccc(Cl)c1)Nc1cccc(Cl)c1. The van der Waals surface area contributed by atoms with Gasteiger partial charge in [-0.15, -0.1) is 10.2 Å². The summed E-state index contributed by atoms with van der Waals surface area (Å²) in [5.41, 5.74) is 1.21. The maximum Gasteiger partial charge on any atom is 0.244 e. The Morgan fingerprint density at radius 1 is 0.964 bits per heavy atom. The van der Waals surface area contributed by atoms with Crippen LogP contribution in [-0.2, 0) is 16.1 Å². The molecule has 0 atom stereocenters. The highest BCUT2D eigenvalue weighted by molar-refractivity contribution is 7.99. The Balaban J connectivity index is 1.53. The number of hydrogen-bond acceptors (Lipinski definition) is 5. The fourth-order valence-corrected chi connectivity index (χ4v) is 3.37. The van der Waals surface area contributed by atoms with Gasteiger partial charge in [0.05, 0.1) is 5.75 Å². The lowest BCUT2D eigenvalue weighted by molar-refractivity contribution is -0.117. The number of thioether (sulfide) groups is 1. The third-order valence-electron chi connectivity index (χ3n) is 3.44. The number of benzene rings is 2. The van der Waals surface area contributed by atoms with Crippen LogP contribution in [0.15, 0.2) is 60.0 Å². The van der Waals surface area contributed by atoms with Crippen LogP contribution in [0.3, 0.4) is 0 Å². The topological polar surface area (TPSA) is 88.9 Å². The molecule has 10 heteroatoms. The molecule has 2 N–H and O–H groups in total. The molecule has 1 aromatic heterocycles. The summed E-state index contributed by atoms with van der Waals surface area (Å²) in [5.74, 6) is -0.362. The lowest BCUT2D eigenvalue weighted by atomic mass is 10.3. The zero-order chi connectivity index (χ0) is 19.9. The standard InChI is InChI=1S/C18H15Cl2N5O2S/c19-12-3-1-5-14(7-12)22-16(26)9-25-11-21-24-18(25)28-10-17(27)23-15-6-2-4-13(20)8-15/h1-8,11H,9-10H2,(H,22,26)(H,23,27). The van der Waals surface area contributed by atoms with E-state index in [9.17, 15) is 9.59 Å². The first kappa shape index (κ1) is 20.2. The molecule has 1 heterocycles. The molecule has 2 amide bonds. The van der Waals surface area contributed by atoms with Gasteiger partial charge < -0.3 is 10.6 Å². The van der Waals surface area contributed by atoms with Crippen molar-refractivity contribution in [2.45, 2.75) is 11.7 Å². The predicted octanol–water partition coefficient (Wildman–Crippen LogP) is 3.95. The Labute approximate surface area is 175 Å². The number of carbonyl (C=O) groups is 2. The van der Waals surface area contributed by atoms with Gasteiger partial charge in [0.25, 0.3) is 0 Å². The highest BCUT2D eigenvalue weighted by Crippen LogP contribution is 2.18. The van der Waals surface area contributed by atoms with E-state index in [1.54, 1.807) is 53.1 Å². The highest BCUT2D eigenvalue weighted by Gasteiger charge is 2.12. The maximum atomic E-state index is 12.2. The second-order valence-electron chi connectivity index (χ2n) is 5.65. The lowest BCUT2D eigenvalue weighted by Gasteiger charge is -2.08. The molecule has 0 spiro atoms. The molecule has 0 aliphatic heterocycles. The number of anilines is 2. The zero-order valence-electron chi connectivity index (χ0n) is 14.4. The van der Waals surface area contributed by atoms with Crippen LogP contribution in [0, 0.1) is 0 Å².